The van der Waals surface area contributed by atoms with Crippen molar-refractivity contribution in [2.75, 3.05) is 6.61 Å². The van der Waals surface area contributed by atoms with E-state index in [1.807, 2.05) is 72.8 Å². The molecule has 2 N–H and O–H groups in total. The summed E-state index contributed by atoms with van der Waals surface area (Å²) in [6.07, 6.45) is 0.0698. The molecule has 0 unspecified atom stereocenters. The third-order valence-electron chi connectivity index (χ3n) is 6.27. The Morgan fingerprint density at radius 3 is 2.32 bits per heavy atom. The minimum absolute atomic E-state index is 0.0698. The molecule has 1 aromatic heterocycles. The van der Waals surface area contributed by atoms with Gasteiger partial charge in [0.25, 0.3) is 5.56 Å². The molecule has 4 aromatic carbocycles. The Morgan fingerprint density at radius 1 is 0.838 bits per heavy atom. The molecule has 0 aliphatic heterocycles. The van der Waals surface area contributed by atoms with Crippen LogP contribution in [0.5, 0.6) is 5.75 Å². The number of benzene rings is 4. The van der Waals surface area contributed by atoms with Crippen molar-refractivity contribution in [2.45, 2.75) is 13.3 Å². The van der Waals surface area contributed by atoms with Gasteiger partial charge >= 0.3 is 5.97 Å². The van der Waals surface area contributed by atoms with Gasteiger partial charge in [0, 0.05) is 22.2 Å². The number of aromatic hydroxyl groups is 1. The van der Waals surface area contributed by atoms with Gasteiger partial charge in [0.2, 0.25) is 0 Å². The number of nitrogens with one attached hydrogen (secondary N) is 1. The van der Waals surface area contributed by atoms with E-state index in [9.17, 15) is 14.7 Å². The second-order valence-electron chi connectivity index (χ2n) is 8.67. The van der Waals surface area contributed by atoms with E-state index in [-0.39, 0.29) is 23.7 Å². The van der Waals surface area contributed by atoms with Crippen LogP contribution in [0.15, 0.2) is 95.8 Å². The summed E-state index contributed by atoms with van der Waals surface area (Å²) in [7, 11) is 0. The largest absolute Gasteiger partial charge is 0.507 e. The van der Waals surface area contributed by atoms with Gasteiger partial charge in [-0.1, -0.05) is 78.3 Å². The molecule has 0 aliphatic rings. The second kappa shape index (κ2) is 10.3. The number of esters is 1. The van der Waals surface area contributed by atoms with Crippen LogP contribution in [0.4, 0.5) is 0 Å². The van der Waals surface area contributed by atoms with Gasteiger partial charge in [-0.3, -0.25) is 9.59 Å². The Morgan fingerprint density at radius 2 is 1.57 bits per heavy atom. The van der Waals surface area contributed by atoms with Gasteiger partial charge in [0.05, 0.1) is 18.1 Å². The lowest BCUT2D eigenvalue weighted by Crippen LogP contribution is -2.12. The van der Waals surface area contributed by atoms with Crippen LogP contribution in [-0.2, 0) is 16.0 Å². The molecule has 6 heteroatoms. The Balaban J connectivity index is 1.59. The summed E-state index contributed by atoms with van der Waals surface area (Å²) in [5.41, 5.74) is 5.25. The van der Waals surface area contributed by atoms with Crippen LogP contribution in [0.25, 0.3) is 44.3 Å². The molecule has 0 bridgehead atoms. The topological polar surface area (TPSA) is 79.4 Å². The lowest BCUT2D eigenvalue weighted by molar-refractivity contribution is -0.142. The summed E-state index contributed by atoms with van der Waals surface area (Å²) in [5.74, 6) is -0.199. The number of hydrogen-bond acceptors (Lipinski definition) is 4. The summed E-state index contributed by atoms with van der Waals surface area (Å²) in [6.45, 7) is 2.05. The van der Waals surface area contributed by atoms with Crippen molar-refractivity contribution in [1.82, 2.24) is 4.98 Å². The first-order chi connectivity index (χ1) is 17.9. The highest BCUT2D eigenvalue weighted by molar-refractivity contribution is 6.34. The Bertz CT molecular complexity index is 1670. The second-order valence-corrected chi connectivity index (χ2v) is 9.08. The minimum Gasteiger partial charge on any atom is -0.507 e. The number of phenols is 1. The van der Waals surface area contributed by atoms with Gasteiger partial charge in [0.15, 0.2) is 0 Å². The van der Waals surface area contributed by atoms with Crippen molar-refractivity contribution >= 4 is 28.5 Å². The number of halogens is 1. The number of hydrogen-bond donors (Lipinski definition) is 2. The summed E-state index contributed by atoms with van der Waals surface area (Å²) >= 11 is 6.61. The first-order valence-corrected chi connectivity index (χ1v) is 12.3. The number of pyridine rings is 1. The highest BCUT2D eigenvalue weighted by Crippen LogP contribution is 2.37. The monoisotopic (exact) mass is 509 g/mol. The molecular weight excluding hydrogens is 486 g/mol. The van der Waals surface area contributed by atoms with Crippen molar-refractivity contribution < 1.29 is 14.6 Å². The number of H-pyrrole nitrogens is 1. The molecule has 184 valence electrons. The summed E-state index contributed by atoms with van der Waals surface area (Å²) < 4.78 is 5.10. The van der Waals surface area contributed by atoms with Crippen LogP contribution in [0.1, 0.15) is 12.5 Å². The number of carbonyl (C=O) groups excluding carboxylic acids is 1. The number of fused-ring (bicyclic) bond motifs is 1. The van der Waals surface area contributed by atoms with E-state index in [2.05, 4.69) is 4.98 Å². The fourth-order valence-corrected chi connectivity index (χ4v) is 4.79. The number of aromatic nitrogens is 1. The average Bonchev–Trinajstić information content (AvgIpc) is 2.89. The number of rotatable bonds is 6. The van der Waals surface area contributed by atoms with Crippen LogP contribution in [0.3, 0.4) is 0 Å². The zero-order chi connectivity index (χ0) is 25.9. The first kappa shape index (κ1) is 24.3. The van der Waals surface area contributed by atoms with E-state index in [1.165, 1.54) is 0 Å². The molecule has 0 saturated carbocycles. The molecule has 1 heterocycles. The highest BCUT2D eigenvalue weighted by Gasteiger charge is 2.15. The van der Waals surface area contributed by atoms with E-state index in [0.29, 0.717) is 33.8 Å². The molecular formula is C31H24ClNO4. The van der Waals surface area contributed by atoms with Crippen LogP contribution in [0.2, 0.25) is 5.02 Å². The summed E-state index contributed by atoms with van der Waals surface area (Å²) in [6, 6.07) is 27.8. The SMILES string of the molecule is CCOC(=O)Cc1ccccc1-c1cc2cc(-c3ccc(-c4ccccc4)c(O)c3)c(Cl)cc2[nH]c1=O. The minimum atomic E-state index is -0.347. The predicted octanol–water partition coefficient (Wildman–Crippen LogP) is 6.99. The van der Waals surface area contributed by atoms with Crippen molar-refractivity contribution in [3.05, 3.63) is 112 Å². The summed E-state index contributed by atoms with van der Waals surface area (Å²) in [4.78, 5) is 28.1. The fraction of sp³-hybridized carbons (Fsp3) is 0.0968. The number of phenolic OH excluding ortho intramolecular Hbond substituents is 1. The zero-order valence-corrected chi connectivity index (χ0v) is 20.9. The van der Waals surface area contributed by atoms with E-state index in [4.69, 9.17) is 16.3 Å². The van der Waals surface area contributed by atoms with Crippen LogP contribution in [0, 0.1) is 0 Å². The van der Waals surface area contributed by atoms with Crippen LogP contribution >= 0.6 is 11.6 Å². The van der Waals surface area contributed by atoms with Gasteiger partial charge < -0.3 is 14.8 Å². The number of carbonyl (C=O) groups is 1. The Labute approximate surface area is 218 Å². The van der Waals surface area contributed by atoms with Gasteiger partial charge in [0.1, 0.15) is 5.75 Å². The molecule has 0 spiro atoms. The molecule has 0 amide bonds. The van der Waals surface area contributed by atoms with Crippen molar-refractivity contribution in [3.8, 4) is 39.1 Å². The van der Waals surface area contributed by atoms with Crippen molar-refractivity contribution in [3.63, 3.8) is 0 Å². The van der Waals surface area contributed by atoms with Gasteiger partial charge in [-0.15, -0.1) is 0 Å². The number of aromatic amines is 1. The van der Waals surface area contributed by atoms with Crippen LogP contribution in [-0.4, -0.2) is 22.7 Å². The normalized spacial score (nSPS) is 11.0. The fourth-order valence-electron chi connectivity index (χ4n) is 4.52. The maximum absolute atomic E-state index is 13.0. The van der Waals surface area contributed by atoms with Crippen molar-refractivity contribution in [2.24, 2.45) is 0 Å². The lowest BCUT2D eigenvalue weighted by Gasteiger charge is -2.12. The van der Waals surface area contributed by atoms with Crippen LogP contribution < -0.4 is 5.56 Å². The molecule has 0 radical (unpaired) electrons. The van der Waals surface area contributed by atoms with E-state index in [0.717, 1.165) is 27.6 Å². The standard InChI is InChI=1S/C31H24ClNO4/c1-2-37-30(35)17-20-10-6-7-11-23(20)26-15-22-14-25(27(32)18-28(22)33-31(26)36)21-12-13-24(29(34)16-21)19-8-4-3-5-9-19/h3-16,18,34H,2,17H2,1H3,(H,33,36). The Kier molecular flexibility index (Phi) is 6.80. The first-order valence-electron chi connectivity index (χ1n) is 11.9. The maximum atomic E-state index is 13.0. The smallest absolute Gasteiger partial charge is 0.310 e. The third-order valence-corrected chi connectivity index (χ3v) is 6.59. The number of ether oxygens (including phenoxy) is 1. The van der Waals surface area contributed by atoms with E-state index in [1.54, 1.807) is 25.1 Å². The van der Waals surface area contributed by atoms with Gasteiger partial charge in [-0.05, 0) is 58.8 Å². The quantitative estimate of drug-likeness (QED) is 0.242. The molecule has 5 nitrogen and oxygen atoms in total. The Hall–Kier alpha value is -4.35. The third kappa shape index (κ3) is 4.99. The summed E-state index contributed by atoms with van der Waals surface area (Å²) in [5, 5.41) is 12.0. The predicted molar refractivity (Wildman–Crippen MR) is 148 cm³/mol. The van der Waals surface area contributed by atoms with E-state index < -0.39 is 0 Å². The van der Waals surface area contributed by atoms with E-state index >= 15 is 0 Å². The zero-order valence-electron chi connectivity index (χ0n) is 20.1. The molecule has 37 heavy (non-hydrogen) atoms. The maximum Gasteiger partial charge on any atom is 0.310 e. The molecule has 5 rings (SSSR count). The van der Waals surface area contributed by atoms with Gasteiger partial charge in [-0.25, -0.2) is 0 Å². The van der Waals surface area contributed by atoms with Gasteiger partial charge in [-0.2, -0.15) is 0 Å². The highest BCUT2D eigenvalue weighted by atomic mass is 35.5. The molecule has 0 atom stereocenters. The average molecular weight is 510 g/mol. The molecule has 0 saturated heterocycles. The molecule has 0 fully saturated rings. The molecule has 5 aromatic rings. The lowest BCUT2D eigenvalue weighted by atomic mass is 9.95. The molecule has 0 aliphatic carbocycles. The van der Waals surface area contributed by atoms with Crippen molar-refractivity contribution in [1.29, 1.82) is 0 Å².